The number of rotatable bonds is 6. The molecule has 0 aliphatic heterocycles. The molecule has 0 unspecified atom stereocenters. The lowest BCUT2D eigenvalue weighted by molar-refractivity contribution is 1.31. The van der Waals surface area contributed by atoms with Gasteiger partial charge >= 0.3 is 0 Å². The van der Waals surface area contributed by atoms with E-state index in [1.54, 1.807) is 0 Å². The van der Waals surface area contributed by atoms with Crippen molar-refractivity contribution < 1.29 is 0 Å². The summed E-state index contributed by atoms with van der Waals surface area (Å²) in [5.74, 6) is 0. The number of benzene rings is 12. The Balaban J connectivity index is 1.15. The molecule has 0 spiro atoms. The molecular weight excluding hydrogens is 675 g/mol. The van der Waals surface area contributed by atoms with Crippen LogP contribution in [0.2, 0.25) is 0 Å². The Kier molecular flexibility index (Phi) is 6.62. The zero-order valence-corrected chi connectivity index (χ0v) is 30.9. The summed E-state index contributed by atoms with van der Waals surface area (Å²) in [6.07, 6.45) is 2.32. The minimum Gasteiger partial charge on any atom is -0.309 e. The highest BCUT2D eigenvalue weighted by atomic mass is 15.1. The van der Waals surface area contributed by atoms with Gasteiger partial charge in [0.05, 0.1) is 5.69 Å². The van der Waals surface area contributed by atoms with Gasteiger partial charge in [-0.3, -0.25) is 0 Å². The van der Waals surface area contributed by atoms with Gasteiger partial charge in [0, 0.05) is 38.3 Å². The smallest absolute Gasteiger partial charge is 0.0619 e. The molecule has 0 aromatic heterocycles. The standard InChI is InChI=1S/C55H35N/c1-34-24-28-37(29-25-34)48(36-12-4-2-5-13-36)32-35-26-30-41(31-27-35)56(40-16-6-3-7-17-40)55-46-22-10-20-44-42-18-8-14-38-33-39-15-9-19-43-45-21-11-23-47(55)52(45)54(51(44)46)53(49(38)42)50(39)43/h2-33H,1H3/b48-32+. The molecule has 1 nitrogen and oxygen atoms in total. The summed E-state index contributed by atoms with van der Waals surface area (Å²) >= 11 is 0. The highest BCUT2D eigenvalue weighted by Gasteiger charge is 2.27. The van der Waals surface area contributed by atoms with Gasteiger partial charge in [-0.2, -0.15) is 0 Å². The van der Waals surface area contributed by atoms with Crippen LogP contribution in [0.5, 0.6) is 0 Å². The second-order valence-corrected chi connectivity index (χ2v) is 15.3. The first-order valence-electron chi connectivity index (χ1n) is 19.5. The maximum Gasteiger partial charge on any atom is 0.0619 e. The quantitative estimate of drug-likeness (QED) is 0.0944. The fourth-order valence-corrected chi connectivity index (χ4v) is 9.73. The zero-order valence-electron chi connectivity index (χ0n) is 30.9. The first kappa shape index (κ1) is 31.2. The Bertz CT molecular complexity index is 3300. The van der Waals surface area contributed by atoms with Crippen molar-refractivity contribution in [3.8, 4) is 0 Å². The van der Waals surface area contributed by atoms with Crippen LogP contribution >= 0.6 is 0 Å². The summed E-state index contributed by atoms with van der Waals surface area (Å²) < 4.78 is 0. The molecule has 12 aromatic rings. The van der Waals surface area contributed by atoms with Crippen molar-refractivity contribution >= 4 is 104 Å². The number of anilines is 3. The van der Waals surface area contributed by atoms with Gasteiger partial charge in [-0.15, -0.1) is 0 Å². The lowest BCUT2D eigenvalue weighted by Gasteiger charge is -2.31. The topological polar surface area (TPSA) is 3.24 Å². The summed E-state index contributed by atoms with van der Waals surface area (Å²) in [5, 5.41) is 18.6. The Morgan fingerprint density at radius 3 is 1.43 bits per heavy atom. The third-order valence-electron chi connectivity index (χ3n) is 12.1. The summed E-state index contributed by atoms with van der Waals surface area (Å²) in [5.41, 5.74) is 9.50. The van der Waals surface area contributed by atoms with Crippen molar-refractivity contribution in [3.05, 3.63) is 210 Å². The van der Waals surface area contributed by atoms with Crippen LogP contribution in [0.1, 0.15) is 22.3 Å². The molecule has 1 heteroatoms. The Labute approximate surface area is 325 Å². The molecule has 12 rings (SSSR count). The molecular formula is C55H35N. The number of hydrogen-bond acceptors (Lipinski definition) is 1. The number of aryl methyl sites for hydroxylation is 1. The number of hydrogen-bond donors (Lipinski definition) is 0. The third kappa shape index (κ3) is 4.43. The lowest BCUT2D eigenvalue weighted by Crippen LogP contribution is -2.11. The van der Waals surface area contributed by atoms with Crippen molar-refractivity contribution in [1.82, 2.24) is 0 Å². The van der Waals surface area contributed by atoms with E-state index < -0.39 is 0 Å². The van der Waals surface area contributed by atoms with Crippen LogP contribution in [0.25, 0.3) is 87.1 Å². The molecule has 0 saturated carbocycles. The average molecular weight is 710 g/mol. The van der Waals surface area contributed by atoms with Gasteiger partial charge < -0.3 is 4.90 Å². The Morgan fingerprint density at radius 1 is 0.375 bits per heavy atom. The fraction of sp³-hybridized carbons (Fsp3) is 0.0182. The van der Waals surface area contributed by atoms with Crippen LogP contribution in [0.4, 0.5) is 17.1 Å². The first-order chi connectivity index (χ1) is 27.7. The summed E-state index contributed by atoms with van der Waals surface area (Å²) in [6.45, 7) is 2.14. The predicted octanol–water partition coefficient (Wildman–Crippen LogP) is 15.4. The van der Waals surface area contributed by atoms with E-state index in [1.807, 2.05) is 0 Å². The molecule has 0 aliphatic carbocycles. The van der Waals surface area contributed by atoms with E-state index in [0.717, 1.165) is 16.9 Å². The van der Waals surface area contributed by atoms with Crippen molar-refractivity contribution in [2.24, 2.45) is 0 Å². The van der Waals surface area contributed by atoms with E-state index in [4.69, 9.17) is 0 Å². The predicted molar refractivity (Wildman–Crippen MR) is 242 cm³/mol. The molecule has 0 fully saturated rings. The number of para-hydroxylation sites is 1. The van der Waals surface area contributed by atoms with Gasteiger partial charge in [0.1, 0.15) is 0 Å². The minimum absolute atomic E-state index is 1.12. The van der Waals surface area contributed by atoms with Crippen molar-refractivity contribution in [2.45, 2.75) is 6.92 Å². The minimum atomic E-state index is 1.12. The summed E-state index contributed by atoms with van der Waals surface area (Å²) in [6, 6.07) is 69.6. The maximum atomic E-state index is 2.49. The van der Waals surface area contributed by atoms with Crippen molar-refractivity contribution in [1.29, 1.82) is 0 Å². The van der Waals surface area contributed by atoms with Gasteiger partial charge in [-0.25, -0.2) is 0 Å². The van der Waals surface area contributed by atoms with Crippen LogP contribution in [0.3, 0.4) is 0 Å². The largest absolute Gasteiger partial charge is 0.309 e. The molecule has 0 amide bonds. The summed E-state index contributed by atoms with van der Waals surface area (Å²) in [7, 11) is 0. The van der Waals surface area contributed by atoms with Crippen molar-refractivity contribution in [2.75, 3.05) is 4.90 Å². The Hall–Kier alpha value is -7.22. The van der Waals surface area contributed by atoms with Crippen LogP contribution < -0.4 is 4.90 Å². The Morgan fingerprint density at radius 2 is 0.839 bits per heavy atom. The van der Waals surface area contributed by atoms with Crippen LogP contribution in [0, 0.1) is 6.92 Å². The van der Waals surface area contributed by atoms with E-state index >= 15 is 0 Å². The fourth-order valence-electron chi connectivity index (χ4n) is 9.73. The van der Waals surface area contributed by atoms with Crippen molar-refractivity contribution in [3.63, 3.8) is 0 Å². The number of fused-ring (bicyclic) bond motifs is 2. The summed E-state index contributed by atoms with van der Waals surface area (Å²) in [4.78, 5) is 2.49. The molecule has 260 valence electrons. The van der Waals surface area contributed by atoms with Gasteiger partial charge in [-0.05, 0) is 114 Å². The van der Waals surface area contributed by atoms with Crippen LogP contribution in [0.15, 0.2) is 188 Å². The molecule has 0 heterocycles. The van der Waals surface area contributed by atoms with E-state index in [2.05, 4.69) is 206 Å². The SMILES string of the molecule is Cc1ccc(/C(=C/c2ccc(N(c3ccccc3)c3c4cccc5c6cccc7cc8cccc9c%10cccc3c%10c(c45)c(c76)c89)cc2)c2ccccc2)cc1. The molecule has 0 atom stereocenters. The van der Waals surface area contributed by atoms with Gasteiger partial charge in [0.2, 0.25) is 0 Å². The lowest BCUT2D eigenvalue weighted by atomic mass is 9.80. The second kappa shape index (κ2) is 11.9. The molecule has 56 heavy (non-hydrogen) atoms. The molecule has 0 aliphatic rings. The molecule has 0 N–H and O–H groups in total. The van der Waals surface area contributed by atoms with Gasteiger partial charge in [0.25, 0.3) is 0 Å². The monoisotopic (exact) mass is 709 g/mol. The highest BCUT2D eigenvalue weighted by Crippen LogP contribution is 2.55. The van der Waals surface area contributed by atoms with E-state index in [9.17, 15) is 0 Å². The molecule has 0 bridgehead atoms. The van der Waals surface area contributed by atoms with Crippen LogP contribution in [-0.4, -0.2) is 0 Å². The maximum absolute atomic E-state index is 2.49. The van der Waals surface area contributed by atoms with Crippen LogP contribution in [-0.2, 0) is 0 Å². The van der Waals surface area contributed by atoms with Gasteiger partial charge in [-0.1, -0.05) is 163 Å². The van der Waals surface area contributed by atoms with E-state index in [-0.39, 0.29) is 0 Å². The molecule has 12 aromatic carbocycles. The molecule has 0 radical (unpaired) electrons. The zero-order chi connectivity index (χ0) is 36.9. The molecule has 0 saturated heterocycles. The van der Waals surface area contributed by atoms with E-state index in [1.165, 1.54) is 103 Å². The second-order valence-electron chi connectivity index (χ2n) is 15.3. The highest BCUT2D eigenvalue weighted by molar-refractivity contribution is 6.50. The van der Waals surface area contributed by atoms with Gasteiger partial charge in [0.15, 0.2) is 0 Å². The number of nitrogens with zero attached hydrogens (tertiary/aromatic N) is 1. The third-order valence-corrected chi connectivity index (χ3v) is 12.1. The van der Waals surface area contributed by atoms with E-state index in [0.29, 0.717) is 0 Å². The normalized spacial score (nSPS) is 12.5. The average Bonchev–Trinajstić information content (AvgIpc) is 3.26. The first-order valence-corrected chi connectivity index (χ1v) is 19.5.